The Morgan fingerprint density at radius 3 is 3.00 bits per heavy atom. The summed E-state index contributed by atoms with van der Waals surface area (Å²) in [5.41, 5.74) is 3.03. The maximum absolute atomic E-state index is 13.4. The van der Waals surface area contributed by atoms with Crippen molar-refractivity contribution in [1.29, 1.82) is 0 Å². The van der Waals surface area contributed by atoms with Crippen molar-refractivity contribution in [3.63, 3.8) is 0 Å². The third kappa shape index (κ3) is 3.52. The molecule has 0 bridgehead atoms. The van der Waals surface area contributed by atoms with Crippen LogP contribution in [0, 0.1) is 10.6 Å². The standard InChI is InChI=1S/C20H22FN5OS/c1-2-3-18-23-24-20(28)26(18)12-19(27)25-8-6-13(7-9-25)16-11-22-17-10-14(21)4-5-15(16)17/h4-6,10-11,22H,2-3,7-9,12H2,1H3,(H,24,28). The van der Waals surface area contributed by atoms with Gasteiger partial charge < -0.3 is 9.88 Å². The number of aryl methyl sites for hydroxylation is 1. The molecule has 1 amide bonds. The highest BCUT2D eigenvalue weighted by Crippen LogP contribution is 2.29. The number of H-pyrrole nitrogens is 2. The third-order valence-corrected chi connectivity index (χ3v) is 5.47. The maximum atomic E-state index is 13.4. The zero-order valence-corrected chi connectivity index (χ0v) is 16.5. The number of amides is 1. The summed E-state index contributed by atoms with van der Waals surface area (Å²) in [6.45, 7) is 3.48. The molecule has 28 heavy (non-hydrogen) atoms. The van der Waals surface area contributed by atoms with Crippen molar-refractivity contribution >= 4 is 34.6 Å². The van der Waals surface area contributed by atoms with Gasteiger partial charge in [-0.2, -0.15) is 5.10 Å². The summed E-state index contributed by atoms with van der Waals surface area (Å²) in [5, 5.41) is 8.00. The van der Waals surface area contributed by atoms with Crippen LogP contribution >= 0.6 is 12.2 Å². The van der Waals surface area contributed by atoms with Gasteiger partial charge in [0.15, 0.2) is 4.77 Å². The van der Waals surface area contributed by atoms with Crippen LogP contribution in [0.4, 0.5) is 4.39 Å². The van der Waals surface area contributed by atoms with Crippen LogP contribution in [0.25, 0.3) is 16.5 Å². The van der Waals surface area contributed by atoms with E-state index in [4.69, 9.17) is 12.2 Å². The molecule has 0 aliphatic carbocycles. The van der Waals surface area contributed by atoms with E-state index in [-0.39, 0.29) is 18.3 Å². The van der Waals surface area contributed by atoms with Gasteiger partial charge in [0.25, 0.3) is 0 Å². The van der Waals surface area contributed by atoms with Crippen LogP contribution in [0.3, 0.4) is 0 Å². The number of carbonyl (C=O) groups excluding carboxylic acids is 1. The van der Waals surface area contributed by atoms with Crippen LogP contribution in [0.15, 0.2) is 30.5 Å². The zero-order chi connectivity index (χ0) is 19.7. The summed E-state index contributed by atoms with van der Waals surface area (Å²) in [7, 11) is 0. The SMILES string of the molecule is CCCc1n[nH]c(=S)n1CC(=O)N1CC=C(c2c[nH]c3cc(F)ccc23)CC1. The average molecular weight is 399 g/mol. The van der Waals surface area contributed by atoms with Gasteiger partial charge in [0.2, 0.25) is 5.91 Å². The molecule has 0 radical (unpaired) electrons. The summed E-state index contributed by atoms with van der Waals surface area (Å²) < 4.78 is 15.7. The first kappa shape index (κ1) is 18.6. The molecular formula is C20H22FN5OS. The lowest BCUT2D eigenvalue weighted by molar-refractivity contribution is -0.131. The van der Waals surface area contributed by atoms with Crippen molar-refractivity contribution in [2.45, 2.75) is 32.7 Å². The molecule has 0 atom stereocenters. The Hall–Kier alpha value is -2.74. The molecule has 0 spiro atoms. The Kier molecular flexibility index (Phi) is 5.13. The number of halogens is 1. The van der Waals surface area contributed by atoms with Gasteiger partial charge in [-0.3, -0.25) is 14.5 Å². The van der Waals surface area contributed by atoms with E-state index in [0.717, 1.165) is 41.6 Å². The number of rotatable bonds is 5. The normalized spacial score (nSPS) is 14.5. The first-order valence-corrected chi connectivity index (χ1v) is 9.85. The summed E-state index contributed by atoms with van der Waals surface area (Å²) in [4.78, 5) is 17.7. The number of nitrogens with one attached hydrogen (secondary N) is 2. The van der Waals surface area contributed by atoms with Gasteiger partial charge >= 0.3 is 0 Å². The van der Waals surface area contributed by atoms with Crippen LogP contribution in [0.1, 0.15) is 31.2 Å². The van der Waals surface area contributed by atoms with E-state index in [0.29, 0.717) is 17.9 Å². The van der Waals surface area contributed by atoms with Gasteiger partial charge in [-0.05, 0) is 48.8 Å². The average Bonchev–Trinajstić information content (AvgIpc) is 3.26. The lowest BCUT2D eigenvalue weighted by Gasteiger charge is -2.27. The maximum Gasteiger partial charge on any atom is 0.242 e. The molecule has 4 rings (SSSR count). The number of nitrogens with zero attached hydrogens (tertiary/aromatic N) is 3. The molecule has 1 aliphatic heterocycles. The van der Waals surface area contributed by atoms with Crippen LogP contribution in [0.5, 0.6) is 0 Å². The molecule has 0 saturated heterocycles. The molecular weight excluding hydrogens is 377 g/mol. The fourth-order valence-corrected chi connectivity index (χ4v) is 3.88. The zero-order valence-electron chi connectivity index (χ0n) is 15.7. The minimum atomic E-state index is -0.254. The highest BCUT2D eigenvalue weighted by Gasteiger charge is 2.21. The van der Waals surface area contributed by atoms with Crippen molar-refractivity contribution in [2.75, 3.05) is 13.1 Å². The van der Waals surface area contributed by atoms with Gasteiger partial charge in [-0.25, -0.2) is 4.39 Å². The Labute approximate surface area is 167 Å². The van der Waals surface area contributed by atoms with E-state index < -0.39 is 0 Å². The van der Waals surface area contributed by atoms with Gasteiger partial charge in [-0.1, -0.05) is 13.0 Å². The number of aromatic nitrogens is 4. The minimum Gasteiger partial charge on any atom is -0.360 e. The van der Waals surface area contributed by atoms with Gasteiger partial charge in [0, 0.05) is 42.2 Å². The van der Waals surface area contributed by atoms with Crippen molar-refractivity contribution in [1.82, 2.24) is 24.6 Å². The molecule has 0 saturated carbocycles. The Morgan fingerprint density at radius 2 is 2.25 bits per heavy atom. The Balaban J connectivity index is 1.48. The number of hydrogen-bond donors (Lipinski definition) is 2. The second kappa shape index (κ2) is 7.71. The lowest BCUT2D eigenvalue weighted by Crippen LogP contribution is -2.37. The highest BCUT2D eigenvalue weighted by atomic mass is 32.1. The molecule has 2 aromatic heterocycles. The number of carbonyl (C=O) groups is 1. The Morgan fingerprint density at radius 1 is 1.39 bits per heavy atom. The quantitative estimate of drug-likeness (QED) is 0.641. The van der Waals surface area contributed by atoms with Gasteiger partial charge in [0.1, 0.15) is 18.2 Å². The predicted molar refractivity (Wildman–Crippen MR) is 109 cm³/mol. The van der Waals surface area contributed by atoms with Crippen molar-refractivity contribution in [3.05, 3.63) is 52.4 Å². The van der Waals surface area contributed by atoms with E-state index in [9.17, 15) is 9.18 Å². The predicted octanol–water partition coefficient (Wildman–Crippen LogP) is 3.83. The van der Waals surface area contributed by atoms with Gasteiger partial charge in [0.05, 0.1) is 0 Å². The van der Waals surface area contributed by atoms with E-state index in [2.05, 4.69) is 28.2 Å². The lowest BCUT2D eigenvalue weighted by atomic mass is 9.99. The molecule has 2 N–H and O–H groups in total. The monoisotopic (exact) mass is 399 g/mol. The van der Waals surface area contributed by atoms with Crippen LogP contribution in [-0.2, 0) is 17.8 Å². The van der Waals surface area contributed by atoms with E-state index in [1.165, 1.54) is 17.7 Å². The van der Waals surface area contributed by atoms with Crippen molar-refractivity contribution in [3.8, 4) is 0 Å². The molecule has 3 heterocycles. The molecule has 6 nitrogen and oxygen atoms in total. The smallest absolute Gasteiger partial charge is 0.242 e. The summed E-state index contributed by atoms with van der Waals surface area (Å²) >= 11 is 5.27. The fourth-order valence-electron chi connectivity index (χ4n) is 3.67. The molecule has 0 fully saturated rings. The highest BCUT2D eigenvalue weighted by molar-refractivity contribution is 7.71. The summed E-state index contributed by atoms with van der Waals surface area (Å²) in [6.07, 6.45) is 6.47. The van der Waals surface area contributed by atoms with Crippen molar-refractivity contribution in [2.24, 2.45) is 0 Å². The van der Waals surface area contributed by atoms with Crippen LogP contribution in [0.2, 0.25) is 0 Å². The first-order valence-electron chi connectivity index (χ1n) is 9.44. The molecule has 3 aromatic rings. The van der Waals surface area contributed by atoms with Crippen LogP contribution < -0.4 is 0 Å². The molecule has 0 unspecified atom stereocenters. The molecule has 8 heteroatoms. The summed E-state index contributed by atoms with van der Waals surface area (Å²) in [6, 6.07) is 4.77. The van der Waals surface area contributed by atoms with Crippen molar-refractivity contribution < 1.29 is 9.18 Å². The summed E-state index contributed by atoms with van der Waals surface area (Å²) in [5.74, 6) is 0.599. The topological polar surface area (TPSA) is 69.7 Å². The molecule has 1 aromatic carbocycles. The van der Waals surface area contributed by atoms with E-state index in [1.807, 2.05) is 11.1 Å². The number of benzene rings is 1. The first-order chi connectivity index (χ1) is 13.6. The largest absolute Gasteiger partial charge is 0.360 e. The minimum absolute atomic E-state index is 0.0335. The molecule has 146 valence electrons. The number of hydrogen-bond acceptors (Lipinski definition) is 3. The van der Waals surface area contributed by atoms with E-state index in [1.54, 1.807) is 10.6 Å². The number of fused-ring (bicyclic) bond motifs is 1. The van der Waals surface area contributed by atoms with E-state index >= 15 is 0 Å². The van der Waals surface area contributed by atoms with Gasteiger partial charge in [-0.15, -0.1) is 0 Å². The third-order valence-electron chi connectivity index (χ3n) is 5.16. The second-order valence-electron chi connectivity index (χ2n) is 6.99. The molecule has 1 aliphatic rings. The fraction of sp³-hybridized carbons (Fsp3) is 0.350. The number of aromatic amines is 2. The van der Waals surface area contributed by atoms with Crippen LogP contribution in [-0.4, -0.2) is 43.6 Å². The Bertz CT molecular complexity index is 1110. The second-order valence-corrected chi connectivity index (χ2v) is 7.38.